The summed E-state index contributed by atoms with van der Waals surface area (Å²) in [6.45, 7) is 0. The molecule has 2 N–H and O–H groups in total. The number of thiol groups is 1. The summed E-state index contributed by atoms with van der Waals surface area (Å²) in [5, 5.41) is 9.63. The number of nitriles is 1. The maximum absolute atomic E-state index is 8.58. The van der Waals surface area contributed by atoms with E-state index < -0.39 is 0 Å². The second-order valence-electron chi connectivity index (χ2n) is 2.96. The lowest BCUT2D eigenvalue weighted by Crippen LogP contribution is -1.85. The highest BCUT2D eigenvalue weighted by Gasteiger charge is 2.06. The molecule has 0 saturated heterocycles. The highest BCUT2D eigenvalue weighted by Crippen LogP contribution is 2.33. The zero-order valence-electron chi connectivity index (χ0n) is 7.32. The van der Waals surface area contributed by atoms with Crippen LogP contribution >= 0.6 is 24.0 Å². The topological polar surface area (TPSA) is 49.8 Å². The normalized spacial score (nSPS) is 10.3. The van der Waals surface area contributed by atoms with Crippen LogP contribution in [-0.4, -0.2) is 0 Å². The van der Waals surface area contributed by atoms with Crippen LogP contribution in [-0.2, 0) is 6.42 Å². The van der Waals surface area contributed by atoms with Gasteiger partial charge >= 0.3 is 0 Å². The molecule has 2 aromatic rings. The molecule has 14 heavy (non-hydrogen) atoms. The molecule has 0 radical (unpaired) electrons. The van der Waals surface area contributed by atoms with Gasteiger partial charge in [-0.1, -0.05) is 0 Å². The van der Waals surface area contributed by atoms with E-state index in [1.54, 1.807) is 11.3 Å². The van der Waals surface area contributed by atoms with Gasteiger partial charge in [0.05, 0.1) is 12.5 Å². The summed E-state index contributed by atoms with van der Waals surface area (Å²) in [4.78, 5) is 1.87. The molecule has 1 heterocycles. The molecule has 0 unspecified atom stereocenters. The minimum Gasteiger partial charge on any atom is -0.398 e. The molecule has 0 fully saturated rings. The number of nitrogen functional groups attached to an aromatic ring is 1. The second-order valence-corrected chi connectivity index (χ2v) is 4.58. The summed E-state index contributed by atoms with van der Waals surface area (Å²) in [6, 6.07) is 7.93. The number of thiophene rings is 1. The average molecular weight is 220 g/mol. The minimum absolute atomic E-state index is 0.451. The molecule has 0 amide bonds. The number of nitrogens with two attached hydrogens (primary N) is 1. The summed E-state index contributed by atoms with van der Waals surface area (Å²) in [5.74, 6) is 0. The smallest absolute Gasteiger partial charge is 0.0696 e. The Morgan fingerprint density at radius 2 is 2.29 bits per heavy atom. The van der Waals surface area contributed by atoms with Crippen LogP contribution in [0.15, 0.2) is 23.1 Å². The van der Waals surface area contributed by atoms with E-state index in [0.29, 0.717) is 12.1 Å². The van der Waals surface area contributed by atoms with Gasteiger partial charge in [-0.3, -0.25) is 0 Å². The largest absolute Gasteiger partial charge is 0.398 e. The Bertz CT molecular complexity index is 523. The first kappa shape index (κ1) is 9.38. The number of benzene rings is 1. The molecule has 70 valence electrons. The molecule has 0 aliphatic heterocycles. The van der Waals surface area contributed by atoms with E-state index in [-0.39, 0.29) is 0 Å². The third-order valence-corrected chi connectivity index (χ3v) is 3.61. The van der Waals surface area contributed by atoms with Crippen LogP contribution in [0.2, 0.25) is 0 Å². The first-order valence-corrected chi connectivity index (χ1v) is 5.35. The molecule has 4 heteroatoms. The van der Waals surface area contributed by atoms with E-state index >= 15 is 0 Å². The van der Waals surface area contributed by atoms with E-state index in [9.17, 15) is 0 Å². The lowest BCUT2D eigenvalue weighted by atomic mass is 10.2. The van der Waals surface area contributed by atoms with Crippen molar-refractivity contribution in [1.29, 1.82) is 5.26 Å². The number of nitrogens with zero attached hydrogens (tertiary/aromatic N) is 1. The van der Waals surface area contributed by atoms with Crippen molar-refractivity contribution < 1.29 is 0 Å². The van der Waals surface area contributed by atoms with E-state index in [1.165, 1.54) is 0 Å². The summed E-state index contributed by atoms with van der Waals surface area (Å²) >= 11 is 5.96. The van der Waals surface area contributed by atoms with Gasteiger partial charge in [0, 0.05) is 25.5 Å². The van der Waals surface area contributed by atoms with E-state index in [0.717, 1.165) is 19.9 Å². The van der Waals surface area contributed by atoms with Crippen molar-refractivity contribution in [2.75, 3.05) is 5.73 Å². The predicted octanol–water partition coefficient (Wildman–Crippen LogP) is 2.84. The Kier molecular flexibility index (Phi) is 2.36. The molecule has 1 aromatic heterocycles. The zero-order chi connectivity index (χ0) is 10.1. The molecule has 0 saturated carbocycles. The Morgan fingerprint density at radius 1 is 1.50 bits per heavy atom. The Hall–Kier alpha value is -1.18. The maximum Gasteiger partial charge on any atom is 0.0696 e. The standard InChI is InChI=1S/C10H8N2S2/c11-4-3-6-5-7-9(14-6)2-1-8(12)10(7)13/h1-2,5,13H,3,12H2. The van der Waals surface area contributed by atoms with Gasteiger partial charge in [-0.25, -0.2) is 0 Å². The monoisotopic (exact) mass is 220 g/mol. The fraction of sp³-hybridized carbons (Fsp3) is 0.100. The minimum atomic E-state index is 0.451. The third kappa shape index (κ3) is 1.45. The van der Waals surface area contributed by atoms with Gasteiger partial charge in [-0.2, -0.15) is 5.26 Å². The van der Waals surface area contributed by atoms with Crippen molar-refractivity contribution in [2.45, 2.75) is 11.3 Å². The number of hydrogen-bond acceptors (Lipinski definition) is 4. The summed E-state index contributed by atoms with van der Waals surface area (Å²) in [6.07, 6.45) is 0.451. The number of rotatable bonds is 1. The van der Waals surface area contributed by atoms with E-state index in [2.05, 4.69) is 18.7 Å². The second kappa shape index (κ2) is 3.52. The summed E-state index contributed by atoms with van der Waals surface area (Å²) in [7, 11) is 0. The lowest BCUT2D eigenvalue weighted by Gasteiger charge is -1.98. The van der Waals surface area contributed by atoms with Crippen molar-refractivity contribution in [3.05, 3.63) is 23.1 Å². The van der Waals surface area contributed by atoms with Crippen LogP contribution in [0, 0.1) is 11.3 Å². The van der Waals surface area contributed by atoms with Gasteiger partial charge in [0.2, 0.25) is 0 Å². The van der Waals surface area contributed by atoms with Crippen LogP contribution in [0.1, 0.15) is 4.88 Å². The highest BCUT2D eigenvalue weighted by molar-refractivity contribution is 7.80. The molecule has 2 nitrogen and oxygen atoms in total. The summed E-state index contributed by atoms with van der Waals surface area (Å²) in [5.41, 5.74) is 6.41. The van der Waals surface area contributed by atoms with Crippen molar-refractivity contribution in [2.24, 2.45) is 0 Å². The quantitative estimate of drug-likeness (QED) is 0.573. The number of fused-ring (bicyclic) bond motifs is 1. The van der Waals surface area contributed by atoms with Crippen molar-refractivity contribution in [3.8, 4) is 6.07 Å². The molecule has 0 aliphatic rings. The average Bonchev–Trinajstić information content (AvgIpc) is 2.56. The van der Waals surface area contributed by atoms with Crippen LogP contribution in [0.4, 0.5) is 5.69 Å². The van der Waals surface area contributed by atoms with Crippen LogP contribution in [0.25, 0.3) is 10.1 Å². The predicted molar refractivity (Wildman–Crippen MR) is 62.8 cm³/mol. The lowest BCUT2D eigenvalue weighted by molar-refractivity contribution is 1.32. The first-order chi connectivity index (χ1) is 6.72. The molecule has 0 spiro atoms. The number of anilines is 1. The molecule has 1 aromatic carbocycles. The van der Waals surface area contributed by atoms with Crippen LogP contribution < -0.4 is 5.73 Å². The molecule has 2 rings (SSSR count). The van der Waals surface area contributed by atoms with Gasteiger partial charge in [0.15, 0.2) is 0 Å². The first-order valence-electron chi connectivity index (χ1n) is 4.09. The third-order valence-electron chi connectivity index (χ3n) is 2.01. The molecule has 0 atom stereocenters. The van der Waals surface area contributed by atoms with Crippen molar-refractivity contribution in [1.82, 2.24) is 0 Å². The fourth-order valence-corrected chi connectivity index (χ4v) is 2.67. The molecular formula is C10H8N2S2. The SMILES string of the molecule is N#CCc1cc2c(S)c(N)ccc2s1. The van der Waals surface area contributed by atoms with E-state index in [1.807, 2.05) is 18.2 Å². The fourth-order valence-electron chi connectivity index (χ4n) is 1.33. The summed E-state index contributed by atoms with van der Waals surface area (Å²) < 4.78 is 1.13. The zero-order valence-corrected chi connectivity index (χ0v) is 9.03. The molecule has 0 aliphatic carbocycles. The van der Waals surface area contributed by atoms with Crippen LogP contribution in [0.5, 0.6) is 0 Å². The van der Waals surface area contributed by atoms with Crippen molar-refractivity contribution in [3.63, 3.8) is 0 Å². The van der Waals surface area contributed by atoms with E-state index in [4.69, 9.17) is 11.0 Å². The Morgan fingerprint density at radius 3 is 3.00 bits per heavy atom. The van der Waals surface area contributed by atoms with Crippen LogP contribution in [0.3, 0.4) is 0 Å². The van der Waals surface area contributed by atoms with Gasteiger partial charge in [0.1, 0.15) is 0 Å². The number of hydrogen-bond donors (Lipinski definition) is 2. The van der Waals surface area contributed by atoms with Gasteiger partial charge < -0.3 is 5.73 Å². The maximum atomic E-state index is 8.58. The Labute approximate surface area is 91.4 Å². The highest BCUT2D eigenvalue weighted by atomic mass is 32.1. The van der Waals surface area contributed by atoms with Gasteiger partial charge in [0.25, 0.3) is 0 Å². The van der Waals surface area contributed by atoms with Gasteiger partial charge in [-0.15, -0.1) is 24.0 Å². The van der Waals surface area contributed by atoms with Crippen molar-refractivity contribution >= 4 is 39.7 Å². The molecule has 0 bridgehead atoms. The Balaban J connectivity index is 2.66. The van der Waals surface area contributed by atoms with Gasteiger partial charge in [-0.05, 0) is 18.2 Å². The molecular weight excluding hydrogens is 212 g/mol.